The van der Waals surface area contributed by atoms with Crippen LogP contribution in [0.1, 0.15) is 402 Å². The average molecular weight is 1440 g/mol. The summed E-state index contributed by atoms with van der Waals surface area (Å²) in [5, 5.41) is 10.6. The van der Waals surface area contributed by atoms with Crippen molar-refractivity contribution in [1.29, 1.82) is 0 Å². The lowest BCUT2D eigenvalue weighted by Gasteiger charge is -2.21. The lowest BCUT2D eigenvalue weighted by molar-refractivity contribution is -0.161. The highest BCUT2D eigenvalue weighted by atomic mass is 31.2. The van der Waals surface area contributed by atoms with Crippen molar-refractivity contribution >= 4 is 39.5 Å². The largest absolute Gasteiger partial charge is 0.472 e. The van der Waals surface area contributed by atoms with E-state index in [1.807, 2.05) is 0 Å². The third-order valence-corrected chi connectivity index (χ3v) is 21.7. The van der Waals surface area contributed by atoms with Crippen LogP contribution in [0, 0.1) is 23.7 Å². The maximum absolute atomic E-state index is 13.1. The molecule has 0 saturated heterocycles. The smallest absolute Gasteiger partial charge is 0.462 e. The zero-order valence-electron chi connectivity index (χ0n) is 64.4. The van der Waals surface area contributed by atoms with Crippen molar-refractivity contribution in [1.82, 2.24) is 0 Å². The number of rotatable bonds is 76. The highest BCUT2D eigenvalue weighted by molar-refractivity contribution is 7.47. The summed E-state index contributed by atoms with van der Waals surface area (Å²) in [5.74, 6) is 1.08. The summed E-state index contributed by atoms with van der Waals surface area (Å²) in [5.41, 5.74) is 0. The van der Waals surface area contributed by atoms with Crippen LogP contribution in [-0.4, -0.2) is 96.7 Å². The van der Waals surface area contributed by atoms with Gasteiger partial charge < -0.3 is 33.8 Å². The van der Waals surface area contributed by atoms with Crippen molar-refractivity contribution in [3.05, 3.63) is 0 Å². The zero-order valence-corrected chi connectivity index (χ0v) is 66.2. The first kappa shape index (κ1) is 96.1. The number of unbranched alkanes of at least 4 members (excludes halogenated alkanes) is 38. The Hall–Kier alpha value is -1.94. The Morgan fingerprint density at radius 3 is 0.673 bits per heavy atom. The molecule has 0 saturated carbocycles. The van der Waals surface area contributed by atoms with Crippen molar-refractivity contribution in [2.24, 2.45) is 23.7 Å². The Bertz CT molecular complexity index is 1930. The first-order valence-electron chi connectivity index (χ1n) is 40.9. The van der Waals surface area contributed by atoms with Crippen LogP contribution in [-0.2, 0) is 65.4 Å². The molecule has 0 aromatic carbocycles. The van der Waals surface area contributed by atoms with Crippen molar-refractivity contribution in [3.8, 4) is 0 Å². The first-order valence-corrected chi connectivity index (χ1v) is 43.8. The highest BCUT2D eigenvalue weighted by Gasteiger charge is 2.30. The van der Waals surface area contributed by atoms with E-state index in [9.17, 15) is 43.2 Å². The third kappa shape index (κ3) is 67.2. The molecule has 9 atom stereocenters. The molecule has 98 heavy (non-hydrogen) atoms. The molecule has 6 unspecified atom stereocenters. The summed E-state index contributed by atoms with van der Waals surface area (Å²) in [6, 6.07) is 0. The van der Waals surface area contributed by atoms with Crippen LogP contribution >= 0.6 is 15.6 Å². The summed E-state index contributed by atoms with van der Waals surface area (Å²) >= 11 is 0. The van der Waals surface area contributed by atoms with Crippen LogP contribution in [0.2, 0.25) is 0 Å². The van der Waals surface area contributed by atoms with Crippen LogP contribution < -0.4 is 0 Å². The Balaban J connectivity index is 5.22. The molecule has 0 rings (SSSR count). The summed E-state index contributed by atoms with van der Waals surface area (Å²) in [6.07, 6.45) is 54.0. The van der Waals surface area contributed by atoms with Gasteiger partial charge in [0.25, 0.3) is 0 Å². The fraction of sp³-hybridized carbons (Fsp3) is 0.949. The number of ether oxygens (including phenoxy) is 4. The lowest BCUT2D eigenvalue weighted by Crippen LogP contribution is -2.30. The van der Waals surface area contributed by atoms with Gasteiger partial charge in [-0.15, -0.1) is 0 Å². The second-order valence-corrected chi connectivity index (χ2v) is 32.3. The summed E-state index contributed by atoms with van der Waals surface area (Å²) in [6.45, 7) is 14.3. The molecule has 582 valence electrons. The second kappa shape index (κ2) is 68.2. The number of hydrogen-bond acceptors (Lipinski definition) is 15. The van der Waals surface area contributed by atoms with Gasteiger partial charge in [-0.3, -0.25) is 37.3 Å². The minimum atomic E-state index is -4.96. The predicted octanol–water partition coefficient (Wildman–Crippen LogP) is 23.2. The van der Waals surface area contributed by atoms with Crippen LogP contribution in [0.4, 0.5) is 0 Å². The molecule has 0 aliphatic heterocycles. The number of phosphoric acid groups is 2. The van der Waals surface area contributed by atoms with E-state index in [1.54, 1.807) is 0 Å². The molecule has 3 N–H and O–H groups in total. The lowest BCUT2D eigenvalue weighted by atomic mass is 9.99. The number of carbonyl (C=O) groups excluding carboxylic acids is 4. The number of hydrogen-bond donors (Lipinski definition) is 3. The number of carbonyl (C=O) groups is 4. The van der Waals surface area contributed by atoms with Crippen LogP contribution in [0.25, 0.3) is 0 Å². The van der Waals surface area contributed by atoms with Crippen LogP contribution in [0.15, 0.2) is 0 Å². The Kier molecular flexibility index (Phi) is 66.8. The van der Waals surface area contributed by atoms with Gasteiger partial charge in [-0.1, -0.05) is 351 Å². The molecule has 0 aliphatic rings. The Morgan fingerprint density at radius 2 is 0.459 bits per heavy atom. The number of esters is 4. The molecule has 0 amide bonds. The third-order valence-electron chi connectivity index (χ3n) is 19.8. The van der Waals surface area contributed by atoms with Crippen molar-refractivity contribution in [3.63, 3.8) is 0 Å². The SMILES string of the molecule is CCC(C)CCCCCCCCCCCCCCCCC(=O)OC[C@H](COP(=O)(O)OC[C@@H](O)COP(=O)(O)OC[C@@H](COC(=O)CCCCCCCCC(C)CC)OC(=O)CCCCCCCCCCCCCCCCC(C)CC)OC(=O)CCCCCCCCCCC(C)CC. The van der Waals surface area contributed by atoms with Crippen molar-refractivity contribution in [2.75, 3.05) is 39.6 Å². The van der Waals surface area contributed by atoms with Gasteiger partial charge in [0.15, 0.2) is 12.2 Å². The molecule has 19 heteroatoms. The standard InChI is InChI=1S/C79H154O17P2/c1-9-69(5)55-47-39-31-25-21-17-13-15-19-23-27-34-43-51-59-76(81)89-65-74(96-79(84)62-54-46-36-30-29-33-41-49-57-71(7)11-3)67-93-97(85,86)91-63-73(80)64-92-98(87,88)94-68-75(66-90-77(82)60-52-44-38-37-42-50-58-72(8)12-4)95-78(83)61-53-45-35-28-24-20-16-14-18-22-26-32-40-48-56-70(6)10-2/h69-75,80H,9-68H2,1-8H3,(H,85,86)(H,87,88)/t69?,70?,71?,72?,73-,74-,75-/m1/s1. The zero-order chi connectivity index (χ0) is 72.4. The molecule has 17 nitrogen and oxygen atoms in total. The molecule has 0 radical (unpaired) electrons. The van der Waals surface area contributed by atoms with Gasteiger partial charge >= 0.3 is 39.5 Å². The van der Waals surface area contributed by atoms with E-state index in [0.717, 1.165) is 120 Å². The number of phosphoric ester groups is 2. The van der Waals surface area contributed by atoms with Crippen LogP contribution in [0.3, 0.4) is 0 Å². The topological polar surface area (TPSA) is 237 Å². The minimum Gasteiger partial charge on any atom is -0.462 e. The van der Waals surface area contributed by atoms with E-state index >= 15 is 0 Å². The average Bonchev–Trinajstić information content (AvgIpc) is 1.57. The molecular formula is C79H154O17P2. The first-order chi connectivity index (χ1) is 47.2. The number of aliphatic hydroxyl groups is 1. The van der Waals surface area contributed by atoms with Crippen LogP contribution in [0.5, 0.6) is 0 Å². The van der Waals surface area contributed by atoms with E-state index in [4.69, 9.17) is 37.0 Å². The van der Waals surface area contributed by atoms with Gasteiger partial charge in [-0.05, 0) is 49.4 Å². The van der Waals surface area contributed by atoms with Gasteiger partial charge in [0, 0.05) is 25.7 Å². The summed E-state index contributed by atoms with van der Waals surface area (Å²) in [4.78, 5) is 72.9. The summed E-state index contributed by atoms with van der Waals surface area (Å²) < 4.78 is 68.6. The van der Waals surface area contributed by atoms with E-state index < -0.39 is 97.5 Å². The molecule has 0 aromatic heterocycles. The van der Waals surface area contributed by atoms with Crippen molar-refractivity contribution < 1.29 is 80.2 Å². The normalized spacial score (nSPS) is 15.2. The quantitative estimate of drug-likeness (QED) is 0.0222. The molecule has 0 aliphatic carbocycles. The predicted molar refractivity (Wildman–Crippen MR) is 400 cm³/mol. The molecule has 0 bridgehead atoms. The molecule has 0 heterocycles. The second-order valence-electron chi connectivity index (χ2n) is 29.4. The van der Waals surface area contributed by atoms with Gasteiger partial charge in [-0.2, -0.15) is 0 Å². The van der Waals surface area contributed by atoms with E-state index in [0.29, 0.717) is 25.7 Å². The molecule has 0 spiro atoms. The fourth-order valence-corrected chi connectivity index (χ4v) is 13.5. The monoisotopic (exact) mass is 1440 g/mol. The van der Waals surface area contributed by atoms with E-state index in [2.05, 4.69) is 55.4 Å². The van der Waals surface area contributed by atoms with E-state index in [1.165, 1.54) is 199 Å². The number of aliphatic hydroxyl groups excluding tert-OH is 1. The highest BCUT2D eigenvalue weighted by Crippen LogP contribution is 2.45. The van der Waals surface area contributed by atoms with Gasteiger partial charge in [0.05, 0.1) is 26.4 Å². The maximum Gasteiger partial charge on any atom is 0.472 e. The fourth-order valence-electron chi connectivity index (χ4n) is 12.0. The van der Waals surface area contributed by atoms with Gasteiger partial charge in [-0.25, -0.2) is 9.13 Å². The van der Waals surface area contributed by atoms with E-state index in [-0.39, 0.29) is 25.7 Å². The summed E-state index contributed by atoms with van der Waals surface area (Å²) in [7, 11) is -9.92. The molecule has 0 aromatic rings. The Morgan fingerprint density at radius 1 is 0.276 bits per heavy atom. The maximum atomic E-state index is 13.1. The van der Waals surface area contributed by atoms with Crippen molar-refractivity contribution in [2.45, 2.75) is 420 Å². The molecular weight excluding hydrogens is 1280 g/mol. The van der Waals surface area contributed by atoms with Gasteiger partial charge in [0.1, 0.15) is 19.3 Å². The van der Waals surface area contributed by atoms with Gasteiger partial charge in [0.2, 0.25) is 0 Å². The Labute approximate surface area is 600 Å². The molecule has 0 fully saturated rings. The minimum absolute atomic E-state index is 0.105.